The quantitative estimate of drug-likeness (QED) is 0.350. The van der Waals surface area contributed by atoms with E-state index in [9.17, 15) is 0 Å². The molecule has 0 fully saturated rings. The van der Waals surface area contributed by atoms with E-state index in [0.29, 0.717) is 0 Å². The van der Waals surface area contributed by atoms with Crippen molar-refractivity contribution in [1.29, 1.82) is 0 Å². The van der Waals surface area contributed by atoms with Gasteiger partial charge in [-0.1, -0.05) is 25.7 Å². The van der Waals surface area contributed by atoms with Gasteiger partial charge in [-0.05, 0) is 25.9 Å². The maximum Gasteiger partial charge on any atom is 0.300 e. The van der Waals surface area contributed by atoms with Crippen LogP contribution in [0.25, 0.3) is 0 Å². The van der Waals surface area contributed by atoms with Crippen LogP contribution in [0.4, 0.5) is 0 Å². The van der Waals surface area contributed by atoms with Gasteiger partial charge >= 0.3 is 0 Å². The summed E-state index contributed by atoms with van der Waals surface area (Å²) >= 11 is 0. The molecule has 0 spiro atoms. The molecule has 0 aromatic rings. The van der Waals surface area contributed by atoms with E-state index in [-0.39, 0.29) is 0 Å². The Morgan fingerprint density at radius 2 is 0.615 bits per heavy atom. The number of carboxylic acid groups (broad SMARTS) is 4. The fourth-order valence-electron chi connectivity index (χ4n) is 0.996. The molecule has 0 heterocycles. The Morgan fingerprint density at radius 3 is 0.731 bits per heavy atom. The predicted octanol–water partition coefficient (Wildman–Crippen LogP) is 1.61. The Bertz CT molecular complexity index is 264. The van der Waals surface area contributed by atoms with E-state index in [0.717, 1.165) is 40.8 Å². The third-order valence-electron chi connectivity index (χ3n) is 1.66. The number of carbonyl (C=O) groups is 4. The minimum atomic E-state index is -0.833. The van der Waals surface area contributed by atoms with Gasteiger partial charge in [-0.3, -0.25) is 19.2 Å². The molecule has 0 bridgehead atoms. The van der Waals surface area contributed by atoms with Crippen LogP contribution in [0.5, 0.6) is 0 Å². The Morgan fingerprint density at radius 1 is 0.500 bits per heavy atom. The van der Waals surface area contributed by atoms with Crippen LogP contribution in [-0.4, -0.2) is 57.4 Å². The van der Waals surface area contributed by atoms with Crippen LogP contribution in [0, 0.1) is 0 Å². The lowest BCUT2D eigenvalue weighted by molar-refractivity contribution is -0.135. The van der Waals surface area contributed by atoms with Gasteiger partial charge in [0.15, 0.2) is 0 Å². The van der Waals surface area contributed by atoms with E-state index < -0.39 is 23.9 Å². The average molecular weight is 384 g/mol. The highest BCUT2D eigenvalue weighted by Crippen LogP contribution is 2.03. The molecule has 0 aliphatic rings. The lowest BCUT2D eigenvalue weighted by atomic mass is 10.1. The van der Waals surface area contributed by atoms with Crippen molar-refractivity contribution in [3.63, 3.8) is 0 Å². The Hall–Kier alpha value is -2.20. The van der Waals surface area contributed by atoms with Crippen LogP contribution in [0.1, 0.15) is 66.2 Å². The van der Waals surface area contributed by atoms with Gasteiger partial charge in [-0.25, -0.2) is 0 Å². The molecule has 10 nitrogen and oxygen atoms in total. The van der Waals surface area contributed by atoms with Gasteiger partial charge in [0.05, 0.1) is 0 Å². The Kier molecular flexibility index (Phi) is 46.0. The number of nitrogens with two attached hydrogens (primary N) is 2. The zero-order chi connectivity index (χ0) is 22.0. The molecule has 0 radical (unpaired) electrons. The van der Waals surface area contributed by atoms with Gasteiger partial charge in [-0.15, -0.1) is 0 Å². The van der Waals surface area contributed by atoms with Gasteiger partial charge in [0.1, 0.15) is 0 Å². The molecule has 0 aliphatic carbocycles. The highest BCUT2D eigenvalue weighted by Gasteiger charge is 1.87. The van der Waals surface area contributed by atoms with Gasteiger partial charge in [-0.2, -0.15) is 0 Å². The molecule has 0 rings (SSSR count). The van der Waals surface area contributed by atoms with Crippen LogP contribution >= 0.6 is 0 Å². The molecular weight excluding hydrogens is 348 g/mol. The summed E-state index contributed by atoms with van der Waals surface area (Å²) in [5, 5.41) is 29.7. The van der Waals surface area contributed by atoms with Crippen molar-refractivity contribution in [2.45, 2.75) is 66.2 Å². The molecule has 158 valence electrons. The molecule has 0 aromatic carbocycles. The lowest BCUT2D eigenvalue weighted by Gasteiger charge is -1.97. The highest BCUT2D eigenvalue weighted by atomic mass is 16.4. The summed E-state index contributed by atoms with van der Waals surface area (Å²) in [4.78, 5) is 36.0. The molecule has 0 aliphatic heterocycles. The van der Waals surface area contributed by atoms with Crippen molar-refractivity contribution in [2.24, 2.45) is 11.5 Å². The Balaban J connectivity index is -0.0000000776. The summed E-state index contributed by atoms with van der Waals surface area (Å²) in [5.74, 6) is -3.33. The van der Waals surface area contributed by atoms with Gasteiger partial charge in [0, 0.05) is 27.7 Å². The van der Waals surface area contributed by atoms with Gasteiger partial charge < -0.3 is 31.9 Å². The summed E-state index contributed by atoms with van der Waals surface area (Å²) in [6.07, 6.45) is 7.61. The summed E-state index contributed by atoms with van der Waals surface area (Å²) in [7, 11) is 0. The highest BCUT2D eigenvalue weighted by molar-refractivity contribution is 5.63. The normalized spacial score (nSPS) is 7.77. The predicted molar refractivity (Wildman–Crippen MR) is 99.1 cm³/mol. The first-order chi connectivity index (χ1) is 11.8. The molecule has 0 atom stereocenters. The molecule has 26 heavy (non-hydrogen) atoms. The van der Waals surface area contributed by atoms with Crippen molar-refractivity contribution < 1.29 is 39.6 Å². The third-order valence-corrected chi connectivity index (χ3v) is 1.66. The number of hydrogen-bond donors (Lipinski definition) is 6. The molecule has 0 aromatic heterocycles. The number of rotatable bonds is 7. The summed E-state index contributed by atoms with van der Waals surface area (Å²) < 4.78 is 0. The minimum Gasteiger partial charge on any atom is -0.481 e. The molecule has 0 saturated heterocycles. The fraction of sp³-hybridized carbons (Fsp3) is 0.750. The van der Waals surface area contributed by atoms with Gasteiger partial charge in [0.2, 0.25) is 0 Å². The largest absolute Gasteiger partial charge is 0.481 e. The maximum atomic E-state index is 9.00. The van der Waals surface area contributed by atoms with Crippen molar-refractivity contribution in [1.82, 2.24) is 0 Å². The van der Waals surface area contributed by atoms with Crippen LogP contribution in [-0.2, 0) is 19.2 Å². The second-order valence-corrected chi connectivity index (χ2v) is 4.77. The summed E-state index contributed by atoms with van der Waals surface area (Å²) in [5.41, 5.74) is 10.7. The third kappa shape index (κ3) is 409. The smallest absolute Gasteiger partial charge is 0.300 e. The SMILES string of the molecule is CC(=O)O.CC(=O)O.CC(=O)O.CC(=O)O.NCCCCCCCCN. The van der Waals surface area contributed by atoms with Crippen LogP contribution in [0.15, 0.2) is 0 Å². The monoisotopic (exact) mass is 384 g/mol. The molecule has 8 N–H and O–H groups in total. The van der Waals surface area contributed by atoms with E-state index in [1.165, 1.54) is 38.5 Å². The first-order valence-electron chi connectivity index (χ1n) is 8.03. The zero-order valence-corrected chi connectivity index (χ0v) is 16.2. The second-order valence-electron chi connectivity index (χ2n) is 4.77. The summed E-state index contributed by atoms with van der Waals surface area (Å²) in [6.45, 7) is 6.02. The average Bonchev–Trinajstić information content (AvgIpc) is 2.40. The molecule has 0 unspecified atom stereocenters. The van der Waals surface area contributed by atoms with E-state index >= 15 is 0 Å². The van der Waals surface area contributed by atoms with E-state index in [1.807, 2.05) is 0 Å². The first kappa shape index (κ1) is 35.0. The van der Waals surface area contributed by atoms with Crippen molar-refractivity contribution >= 4 is 23.9 Å². The molecule has 0 saturated carbocycles. The number of unbranched alkanes of at least 4 members (excludes halogenated alkanes) is 5. The molecule has 0 amide bonds. The van der Waals surface area contributed by atoms with Crippen molar-refractivity contribution in [3.8, 4) is 0 Å². The first-order valence-corrected chi connectivity index (χ1v) is 8.03. The maximum absolute atomic E-state index is 9.00. The van der Waals surface area contributed by atoms with Crippen LogP contribution < -0.4 is 11.5 Å². The number of carboxylic acids is 4. The standard InChI is InChI=1S/C8H20N2.4C2H4O2/c9-7-5-3-1-2-4-6-8-10;4*1-2(3)4/h1-10H2;4*1H3,(H,3,4). The zero-order valence-electron chi connectivity index (χ0n) is 16.2. The topological polar surface area (TPSA) is 201 Å². The van der Waals surface area contributed by atoms with E-state index in [1.54, 1.807) is 0 Å². The molecular formula is C16H36N2O8. The lowest BCUT2D eigenvalue weighted by Crippen LogP contribution is -1.99. The molecule has 10 heteroatoms. The van der Waals surface area contributed by atoms with Crippen LogP contribution in [0.2, 0.25) is 0 Å². The van der Waals surface area contributed by atoms with Crippen molar-refractivity contribution in [3.05, 3.63) is 0 Å². The van der Waals surface area contributed by atoms with Crippen LogP contribution in [0.3, 0.4) is 0 Å². The number of aliphatic carboxylic acids is 4. The fourth-order valence-corrected chi connectivity index (χ4v) is 0.996. The summed E-state index contributed by atoms with van der Waals surface area (Å²) in [6, 6.07) is 0. The number of hydrogen-bond acceptors (Lipinski definition) is 6. The Labute approximate surface area is 155 Å². The van der Waals surface area contributed by atoms with E-state index in [4.69, 9.17) is 51.1 Å². The van der Waals surface area contributed by atoms with Crippen molar-refractivity contribution in [2.75, 3.05) is 13.1 Å². The van der Waals surface area contributed by atoms with Gasteiger partial charge in [0.25, 0.3) is 23.9 Å². The minimum absolute atomic E-state index is 0.833. The van der Waals surface area contributed by atoms with E-state index in [2.05, 4.69) is 0 Å². The second kappa shape index (κ2) is 34.2.